The van der Waals surface area contributed by atoms with Gasteiger partial charge in [0.2, 0.25) is 0 Å². The summed E-state index contributed by atoms with van der Waals surface area (Å²) in [5.74, 6) is 0. The first-order chi connectivity index (χ1) is 3.50. The van der Waals surface area contributed by atoms with E-state index in [4.69, 9.17) is 4.89 Å². The highest BCUT2D eigenvalue weighted by molar-refractivity contribution is 7.53. The van der Waals surface area contributed by atoms with Crippen molar-refractivity contribution >= 4 is 7.67 Å². The molecule has 5 heteroatoms. The van der Waals surface area contributed by atoms with Gasteiger partial charge in [0.25, 0.3) is 0 Å². The summed E-state index contributed by atoms with van der Waals surface area (Å²) in [5.41, 5.74) is 0. The molecule has 1 atom stereocenters. The predicted octanol–water partition coefficient (Wildman–Crippen LogP) is -0.132. The number of rotatable bonds is 2. The molecule has 4 nitrogen and oxygen atoms in total. The minimum atomic E-state index is -3.16. The molecule has 0 saturated heterocycles. The molecule has 0 aliphatic rings. The minimum Gasteiger partial charge on any atom is -0.322 e. The highest BCUT2D eigenvalue weighted by Gasteiger charge is 2.16. The van der Waals surface area contributed by atoms with Crippen molar-refractivity contribution in [2.45, 2.75) is 0 Å². The van der Waals surface area contributed by atoms with E-state index in [0.717, 1.165) is 0 Å². The van der Waals surface area contributed by atoms with E-state index < -0.39 is 7.67 Å². The maximum absolute atomic E-state index is 10.7. The van der Waals surface area contributed by atoms with Crippen molar-refractivity contribution in [3.05, 3.63) is 0 Å². The summed E-state index contributed by atoms with van der Waals surface area (Å²) in [5, 5.41) is 2.28. The Labute approximate surface area is 49.1 Å². The molecule has 0 spiro atoms. The van der Waals surface area contributed by atoms with E-state index in [1.165, 1.54) is 25.8 Å². The molecule has 0 fully saturated rings. The topological polar surface area (TPSA) is 52.6 Å². The molecule has 0 radical (unpaired) electrons. The highest BCUT2D eigenvalue weighted by Crippen LogP contribution is 2.35. The predicted molar refractivity (Wildman–Crippen MR) is 32.6 cm³/mol. The summed E-state index contributed by atoms with van der Waals surface area (Å²) < 4.78 is 11.9. The molecule has 0 amide bonds. The first-order valence-electron chi connectivity index (χ1n) is 2.20. The number of nitrogens with zero attached hydrogens (tertiary/aromatic N) is 1. The summed E-state index contributed by atoms with van der Waals surface area (Å²) in [7, 11) is 1.36. The van der Waals surface area contributed by atoms with Crippen molar-refractivity contribution in [3.8, 4) is 0 Å². The number of hydrogen-bond acceptors (Lipinski definition) is 1. The van der Waals surface area contributed by atoms with Crippen LogP contribution in [0.4, 0.5) is 0 Å². The SMILES string of the molecule is CNP(=O)(O)N(C)C. The Hall–Kier alpha value is 0.110. The Balaban J connectivity index is 3.93. The third-order valence-electron chi connectivity index (χ3n) is 0.833. The summed E-state index contributed by atoms with van der Waals surface area (Å²) in [4.78, 5) is 8.77. The number of nitrogens with one attached hydrogen (secondary N) is 1. The lowest BCUT2D eigenvalue weighted by molar-refractivity contribution is 0.400. The minimum absolute atomic E-state index is 1.24. The average molecular weight is 138 g/mol. The van der Waals surface area contributed by atoms with Crippen LogP contribution < -0.4 is 5.09 Å². The van der Waals surface area contributed by atoms with Crippen LogP contribution in [0.15, 0.2) is 0 Å². The Morgan fingerprint density at radius 2 is 2.00 bits per heavy atom. The molecule has 0 rings (SSSR count). The van der Waals surface area contributed by atoms with Crippen LogP contribution in [0.5, 0.6) is 0 Å². The second-order valence-electron chi connectivity index (χ2n) is 1.61. The van der Waals surface area contributed by atoms with Gasteiger partial charge in [0.05, 0.1) is 0 Å². The lowest BCUT2D eigenvalue weighted by atomic mass is 11.3. The van der Waals surface area contributed by atoms with Gasteiger partial charge in [-0.05, 0) is 21.1 Å². The monoisotopic (exact) mass is 138 g/mol. The Kier molecular flexibility index (Phi) is 2.63. The molecule has 0 aromatic rings. The van der Waals surface area contributed by atoms with Gasteiger partial charge in [-0.2, -0.15) is 0 Å². The van der Waals surface area contributed by atoms with E-state index in [-0.39, 0.29) is 0 Å². The van der Waals surface area contributed by atoms with Crippen LogP contribution in [0.25, 0.3) is 0 Å². The molecule has 1 unspecified atom stereocenters. The van der Waals surface area contributed by atoms with Crippen LogP contribution in [0.3, 0.4) is 0 Å². The van der Waals surface area contributed by atoms with Gasteiger partial charge in [0, 0.05) is 0 Å². The Bertz CT molecular complexity index is 114. The molecule has 8 heavy (non-hydrogen) atoms. The van der Waals surface area contributed by atoms with Crippen LogP contribution in [0.2, 0.25) is 0 Å². The average Bonchev–Trinajstić information content (AvgIpc) is 1.67. The smallest absolute Gasteiger partial charge is 0.322 e. The van der Waals surface area contributed by atoms with Crippen LogP contribution in [0, 0.1) is 0 Å². The van der Waals surface area contributed by atoms with Gasteiger partial charge in [-0.3, -0.25) is 4.57 Å². The summed E-state index contributed by atoms with van der Waals surface area (Å²) in [6, 6.07) is 0. The summed E-state index contributed by atoms with van der Waals surface area (Å²) >= 11 is 0. The molecule has 0 heterocycles. The van der Waals surface area contributed by atoms with Crippen LogP contribution in [0.1, 0.15) is 0 Å². The van der Waals surface area contributed by atoms with E-state index in [1.807, 2.05) is 0 Å². The van der Waals surface area contributed by atoms with E-state index in [9.17, 15) is 4.57 Å². The normalized spacial score (nSPS) is 18.6. The first kappa shape index (κ1) is 8.11. The van der Waals surface area contributed by atoms with E-state index in [0.29, 0.717) is 0 Å². The van der Waals surface area contributed by atoms with Gasteiger partial charge in [0.15, 0.2) is 0 Å². The molecule has 0 aliphatic heterocycles. The second kappa shape index (κ2) is 2.60. The van der Waals surface area contributed by atoms with E-state index in [1.54, 1.807) is 0 Å². The van der Waals surface area contributed by atoms with Crippen molar-refractivity contribution in [1.82, 2.24) is 9.76 Å². The zero-order valence-electron chi connectivity index (χ0n) is 5.25. The van der Waals surface area contributed by atoms with Crippen molar-refractivity contribution in [1.29, 1.82) is 0 Å². The van der Waals surface area contributed by atoms with Gasteiger partial charge >= 0.3 is 7.67 Å². The molecule has 50 valence electrons. The third-order valence-corrected chi connectivity index (χ3v) is 2.50. The van der Waals surface area contributed by atoms with Gasteiger partial charge in [0.1, 0.15) is 0 Å². The molecular formula is C3H11N2O2P. The second-order valence-corrected chi connectivity index (χ2v) is 3.95. The lowest BCUT2D eigenvalue weighted by Gasteiger charge is -2.15. The zero-order valence-corrected chi connectivity index (χ0v) is 6.14. The van der Waals surface area contributed by atoms with Crippen molar-refractivity contribution in [3.63, 3.8) is 0 Å². The van der Waals surface area contributed by atoms with Gasteiger partial charge in [-0.15, -0.1) is 0 Å². The number of hydrogen-bond donors (Lipinski definition) is 2. The summed E-state index contributed by atoms with van der Waals surface area (Å²) in [6.45, 7) is 0. The highest BCUT2D eigenvalue weighted by atomic mass is 31.2. The molecular weight excluding hydrogens is 127 g/mol. The van der Waals surface area contributed by atoms with Crippen molar-refractivity contribution in [2.75, 3.05) is 21.1 Å². The van der Waals surface area contributed by atoms with Gasteiger partial charge in [-0.1, -0.05) is 0 Å². The summed E-state index contributed by atoms with van der Waals surface area (Å²) in [6.07, 6.45) is 0. The van der Waals surface area contributed by atoms with Crippen molar-refractivity contribution in [2.24, 2.45) is 0 Å². The fourth-order valence-electron chi connectivity index (χ4n) is 0.200. The Morgan fingerprint density at radius 3 is 2.00 bits per heavy atom. The first-order valence-corrected chi connectivity index (χ1v) is 3.81. The molecule has 0 bridgehead atoms. The largest absolute Gasteiger partial charge is 0.340 e. The van der Waals surface area contributed by atoms with E-state index >= 15 is 0 Å². The third kappa shape index (κ3) is 1.92. The van der Waals surface area contributed by atoms with Crippen LogP contribution >= 0.6 is 7.67 Å². The van der Waals surface area contributed by atoms with Crippen LogP contribution in [-0.4, -0.2) is 30.7 Å². The molecule has 0 aliphatic carbocycles. The van der Waals surface area contributed by atoms with E-state index in [2.05, 4.69) is 5.09 Å². The maximum Gasteiger partial charge on any atom is 0.340 e. The molecule has 0 aromatic heterocycles. The molecule has 2 N–H and O–H groups in total. The van der Waals surface area contributed by atoms with Gasteiger partial charge in [-0.25, -0.2) is 9.76 Å². The Morgan fingerprint density at radius 1 is 1.62 bits per heavy atom. The quantitative estimate of drug-likeness (QED) is 0.522. The lowest BCUT2D eigenvalue weighted by Crippen LogP contribution is -2.17. The standard InChI is InChI=1S/C3H11N2O2P/c1-4-8(6,7)5(2)3/h1-3H3,(H2,4,6,7). The zero-order chi connectivity index (χ0) is 6.78. The van der Waals surface area contributed by atoms with Crippen LogP contribution in [-0.2, 0) is 4.57 Å². The fourth-order valence-corrected chi connectivity index (χ4v) is 0.600. The van der Waals surface area contributed by atoms with Crippen molar-refractivity contribution < 1.29 is 9.46 Å². The molecule has 0 aromatic carbocycles. The maximum atomic E-state index is 10.7. The molecule has 0 saturated carbocycles. The van der Waals surface area contributed by atoms with Gasteiger partial charge < -0.3 is 4.89 Å². The fraction of sp³-hybridized carbons (Fsp3) is 1.00.